The summed E-state index contributed by atoms with van der Waals surface area (Å²) >= 11 is 0. The van der Waals surface area contributed by atoms with Crippen molar-refractivity contribution in [1.29, 1.82) is 0 Å². The molecule has 81 valence electrons. The smallest absolute Gasteiger partial charge is 0.0413 e. The molecule has 2 nitrogen and oxygen atoms in total. The van der Waals surface area contributed by atoms with Gasteiger partial charge in [0.1, 0.15) is 0 Å². The number of nitrogens with zero attached hydrogens (tertiary/aromatic N) is 1. The molecule has 0 spiro atoms. The first-order valence-electron chi connectivity index (χ1n) is 5.82. The molecule has 0 saturated heterocycles. The van der Waals surface area contributed by atoms with Crippen molar-refractivity contribution in [2.24, 2.45) is 11.8 Å². The van der Waals surface area contributed by atoms with Crippen LogP contribution in [0.3, 0.4) is 0 Å². The van der Waals surface area contributed by atoms with Gasteiger partial charge in [0, 0.05) is 6.04 Å². The quantitative estimate of drug-likeness (QED) is 0.594. The van der Waals surface area contributed by atoms with Gasteiger partial charge in [0.25, 0.3) is 0 Å². The van der Waals surface area contributed by atoms with Crippen molar-refractivity contribution in [2.75, 3.05) is 0 Å². The first kappa shape index (κ1) is 10.7. The standard InChI is InChI=1S/C13H19N2/c14-15-13-8-6-12(7-9-13)10-11-4-2-1-3-5-11/h1-5,12-13H,6-10,14H2/t12-,13-. The second-order valence-corrected chi connectivity index (χ2v) is 4.51. The van der Waals surface area contributed by atoms with Crippen LogP contribution in [0.15, 0.2) is 30.3 Å². The zero-order chi connectivity index (χ0) is 10.5. The Hall–Kier alpha value is -0.860. The molecule has 0 heterocycles. The summed E-state index contributed by atoms with van der Waals surface area (Å²) in [7, 11) is 0. The van der Waals surface area contributed by atoms with E-state index in [9.17, 15) is 0 Å². The minimum Gasteiger partial charge on any atom is -0.253 e. The van der Waals surface area contributed by atoms with Crippen molar-refractivity contribution in [1.82, 2.24) is 5.43 Å². The van der Waals surface area contributed by atoms with E-state index in [0.29, 0.717) is 6.04 Å². The lowest BCUT2D eigenvalue weighted by atomic mass is 9.83. The fourth-order valence-electron chi connectivity index (χ4n) is 2.45. The molecule has 0 aromatic heterocycles. The molecule has 1 radical (unpaired) electrons. The molecule has 2 rings (SSSR count). The molecule has 0 bridgehead atoms. The number of hydrogen-bond acceptors (Lipinski definition) is 1. The molecule has 1 aliphatic carbocycles. The maximum absolute atomic E-state index is 5.33. The van der Waals surface area contributed by atoms with E-state index in [1.807, 2.05) is 0 Å². The number of benzene rings is 1. The van der Waals surface area contributed by atoms with Crippen LogP contribution in [0, 0.1) is 5.92 Å². The highest BCUT2D eigenvalue weighted by molar-refractivity contribution is 5.15. The van der Waals surface area contributed by atoms with Crippen molar-refractivity contribution >= 4 is 0 Å². The van der Waals surface area contributed by atoms with E-state index < -0.39 is 0 Å². The van der Waals surface area contributed by atoms with Crippen LogP contribution >= 0.6 is 0 Å². The van der Waals surface area contributed by atoms with E-state index in [2.05, 4.69) is 35.8 Å². The van der Waals surface area contributed by atoms with Gasteiger partial charge in [0.2, 0.25) is 0 Å². The summed E-state index contributed by atoms with van der Waals surface area (Å²) in [4.78, 5) is 0. The molecule has 0 amide bonds. The van der Waals surface area contributed by atoms with E-state index in [0.717, 1.165) is 5.92 Å². The molecule has 1 aromatic carbocycles. The van der Waals surface area contributed by atoms with Gasteiger partial charge in [-0.2, -0.15) is 5.43 Å². The first-order chi connectivity index (χ1) is 7.38. The average Bonchev–Trinajstić information content (AvgIpc) is 2.31. The normalized spacial score (nSPS) is 26.5. The molecular formula is C13H19N2. The van der Waals surface area contributed by atoms with Gasteiger partial charge in [-0.3, -0.25) is 5.84 Å². The van der Waals surface area contributed by atoms with Gasteiger partial charge >= 0.3 is 0 Å². The van der Waals surface area contributed by atoms with Gasteiger partial charge in [-0.05, 0) is 43.6 Å². The summed E-state index contributed by atoms with van der Waals surface area (Å²) in [5.41, 5.74) is 5.35. The Labute approximate surface area is 91.8 Å². The number of hydrogen-bond donors (Lipinski definition) is 1. The summed E-state index contributed by atoms with van der Waals surface area (Å²) in [5.74, 6) is 6.16. The number of rotatable bonds is 3. The monoisotopic (exact) mass is 203 g/mol. The lowest BCUT2D eigenvalue weighted by Crippen LogP contribution is -2.32. The maximum Gasteiger partial charge on any atom is 0.0413 e. The van der Waals surface area contributed by atoms with Gasteiger partial charge in [-0.25, -0.2) is 0 Å². The Balaban J connectivity index is 1.82. The summed E-state index contributed by atoms with van der Waals surface area (Å²) in [6.45, 7) is 0. The van der Waals surface area contributed by atoms with Gasteiger partial charge in [-0.1, -0.05) is 30.3 Å². The zero-order valence-electron chi connectivity index (χ0n) is 9.10. The largest absolute Gasteiger partial charge is 0.253 e. The minimum absolute atomic E-state index is 0.428. The lowest BCUT2D eigenvalue weighted by molar-refractivity contribution is 0.289. The Morgan fingerprint density at radius 3 is 2.33 bits per heavy atom. The summed E-state index contributed by atoms with van der Waals surface area (Å²) in [6, 6.07) is 11.2. The van der Waals surface area contributed by atoms with Gasteiger partial charge < -0.3 is 0 Å². The number of nitrogens with two attached hydrogens (primary N) is 1. The van der Waals surface area contributed by atoms with Crippen molar-refractivity contribution in [3.8, 4) is 0 Å². The van der Waals surface area contributed by atoms with Crippen molar-refractivity contribution in [3.63, 3.8) is 0 Å². The highest BCUT2D eigenvalue weighted by Crippen LogP contribution is 2.27. The predicted molar refractivity (Wildman–Crippen MR) is 62.2 cm³/mol. The highest BCUT2D eigenvalue weighted by atomic mass is 15.2. The molecule has 2 N–H and O–H groups in total. The van der Waals surface area contributed by atoms with E-state index >= 15 is 0 Å². The molecule has 15 heavy (non-hydrogen) atoms. The molecule has 0 atom stereocenters. The van der Waals surface area contributed by atoms with Gasteiger partial charge in [-0.15, -0.1) is 0 Å². The fraction of sp³-hybridized carbons (Fsp3) is 0.538. The second kappa shape index (κ2) is 5.29. The van der Waals surface area contributed by atoms with Crippen molar-refractivity contribution in [3.05, 3.63) is 35.9 Å². The Kier molecular flexibility index (Phi) is 3.75. The second-order valence-electron chi connectivity index (χ2n) is 4.51. The first-order valence-corrected chi connectivity index (χ1v) is 5.82. The third kappa shape index (κ3) is 3.05. The van der Waals surface area contributed by atoms with Crippen LogP contribution in [0.2, 0.25) is 0 Å². The maximum atomic E-state index is 5.33. The average molecular weight is 203 g/mol. The van der Waals surface area contributed by atoms with Crippen molar-refractivity contribution < 1.29 is 0 Å². The van der Waals surface area contributed by atoms with Crippen LogP contribution in [0.25, 0.3) is 0 Å². The van der Waals surface area contributed by atoms with Crippen LogP contribution in [-0.4, -0.2) is 6.04 Å². The van der Waals surface area contributed by atoms with Crippen LogP contribution in [0.4, 0.5) is 0 Å². The Morgan fingerprint density at radius 2 is 1.73 bits per heavy atom. The summed E-state index contributed by atoms with van der Waals surface area (Å²) < 4.78 is 0. The molecule has 1 fully saturated rings. The minimum atomic E-state index is 0.428. The van der Waals surface area contributed by atoms with Gasteiger partial charge in [0.05, 0.1) is 0 Å². The third-order valence-corrected chi connectivity index (χ3v) is 3.39. The van der Waals surface area contributed by atoms with E-state index in [1.165, 1.54) is 37.7 Å². The summed E-state index contributed by atoms with van der Waals surface area (Å²) in [5, 5.41) is 0. The fourth-order valence-corrected chi connectivity index (χ4v) is 2.45. The van der Waals surface area contributed by atoms with Gasteiger partial charge in [0.15, 0.2) is 0 Å². The van der Waals surface area contributed by atoms with Crippen LogP contribution in [0.5, 0.6) is 0 Å². The summed E-state index contributed by atoms with van der Waals surface area (Å²) in [6.07, 6.45) is 6.13. The van der Waals surface area contributed by atoms with E-state index in [1.54, 1.807) is 0 Å². The molecular weight excluding hydrogens is 184 g/mol. The molecule has 2 heteroatoms. The van der Waals surface area contributed by atoms with E-state index in [-0.39, 0.29) is 0 Å². The predicted octanol–water partition coefficient (Wildman–Crippen LogP) is 2.27. The highest BCUT2D eigenvalue weighted by Gasteiger charge is 2.20. The third-order valence-electron chi connectivity index (χ3n) is 3.39. The Bertz CT molecular complexity index is 276. The molecule has 1 aliphatic rings. The van der Waals surface area contributed by atoms with Crippen LogP contribution in [-0.2, 0) is 6.42 Å². The molecule has 1 aromatic rings. The molecule has 0 unspecified atom stereocenters. The van der Waals surface area contributed by atoms with Crippen LogP contribution in [0.1, 0.15) is 31.2 Å². The van der Waals surface area contributed by atoms with E-state index in [4.69, 9.17) is 5.84 Å². The zero-order valence-corrected chi connectivity index (χ0v) is 9.10. The van der Waals surface area contributed by atoms with Crippen LogP contribution < -0.4 is 11.3 Å². The van der Waals surface area contributed by atoms with Crippen molar-refractivity contribution in [2.45, 2.75) is 38.1 Å². The molecule has 0 aliphatic heterocycles. The SMILES string of the molecule is N[N][C@H]1CC[C@H](Cc2ccccc2)CC1. The Morgan fingerprint density at radius 1 is 1.07 bits per heavy atom. The topological polar surface area (TPSA) is 40.1 Å². The molecule has 1 saturated carbocycles. The lowest BCUT2D eigenvalue weighted by Gasteiger charge is -2.26.